The smallest absolute Gasteiger partial charge is 0.305 e. The van der Waals surface area contributed by atoms with Crippen LogP contribution in [-0.4, -0.2) is 22.5 Å². The van der Waals surface area contributed by atoms with Crippen molar-refractivity contribution in [3.8, 4) is 0 Å². The van der Waals surface area contributed by atoms with Gasteiger partial charge in [-0.2, -0.15) is 0 Å². The van der Waals surface area contributed by atoms with Crippen molar-refractivity contribution in [3.63, 3.8) is 0 Å². The Bertz CT molecular complexity index is 294. The second kappa shape index (κ2) is 8.18. The molecule has 1 unspecified atom stereocenters. The van der Waals surface area contributed by atoms with Crippen molar-refractivity contribution >= 4 is 11.9 Å². The lowest BCUT2D eigenvalue weighted by molar-refractivity contribution is -0.139. The van der Waals surface area contributed by atoms with Gasteiger partial charge in [0.1, 0.15) is 0 Å². The van der Waals surface area contributed by atoms with Gasteiger partial charge in [0.15, 0.2) is 0 Å². The number of rotatable bonds is 9. The fourth-order valence-electron chi connectivity index (χ4n) is 2.60. The van der Waals surface area contributed by atoms with E-state index >= 15 is 0 Å². The molecule has 0 radical (unpaired) electrons. The number of amides is 1. The fraction of sp³-hybridized carbons (Fsp3) is 0.867. The van der Waals surface area contributed by atoms with E-state index in [1.807, 2.05) is 20.8 Å². The van der Waals surface area contributed by atoms with E-state index in [-0.39, 0.29) is 18.2 Å². The minimum absolute atomic E-state index is 0.0125. The molecule has 0 saturated carbocycles. The highest BCUT2D eigenvalue weighted by atomic mass is 16.4. The normalized spacial score (nSPS) is 13.4. The van der Waals surface area contributed by atoms with Crippen molar-refractivity contribution in [1.29, 1.82) is 0 Å². The van der Waals surface area contributed by atoms with E-state index in [2.05, 4.69) is 19.2 Å². The van der Waals surface area contributed by atoms with Crippen LogP contribution in [0.5, 0.6) is 0 Å². The number of nitrogens with one attached hydrogen (secondary N) is 1. The van der Waals surface area contributed by atoms with Gasteiger partial charge in [-0.15, -0.1) is 0 Å². The van der Waals surface area contributed by atoms with Crippen molar-refractivity contribution in [3.05, 3.63) is 0 Å². The molecule has 1 atom stereocenters. The first-order valence-electron chi connectivity index (χ1n) is 7.39. The van der Waals surface area contributed by atoms with E-state index in [9.17, 15) is 9.59 Å². The molecule has 0 bridgehead atoms. The predicted octanol–water partition coefficient (Wildman–Crippen LogP) is 3.21. The maximum atomic E-state index is 12.3. The summed E-state index contributed by atoms with van der Waals surface area (Å²) in [7, 11) is 0. The van der Waals surface area contributed by atoms with Crippen molar-refractivity contribution < 1.29 is 14.7 Å². The lowest BCUT2D eigenvalue weighted by Gasteiger charge is -2.34. The van der Waals surface area contributed by atoms with Gasteiger partial charge in [-0.25, -0.2) is 0 Å². The Balaban J connectivity index is 4.84. The molecule has 0 aromatic carbocycles. The first-order chi connectivity index (χ1) is 8.85. The summed E-state index contributed by atoms with van der Waals surface area (Å²) in [5, 5.41) is 12.0. The first-order valence-corrected chi connectivity index (χ1v) is 7.39. The van der Waals surface area contributed by atoms with Crippen LogP contribution in [0.4, 0.5) is 0 Å². The van der Waals surface area contributed by atoms with Crippen LogP contribution in [-0.2, 0) is 9.59 Å². The van der Waals surface area contributed by atoms with Crippen molar-refractivity contribution in [2.45, 2.75) is 72.3 Å². The lowest BCUT2D eigenvalue weighted by Crippen LogP contribution is -2.51. The third kappa shape index (κ3) is 5.21. The van der Waals surface area contributed by atoms with E-state index in [0.717, 1.165) is 12.8 Å². The molecular formula is C15H29NO3. The first kappa shape index (κ1) is 17.9. The molecule has 0 aliphatic carbocycles. The Morgan fingerprint density at radius 1 is 1.11 bits per heavy atom. The highest BCUT2D eigenvalue weighted by Crippen LogP contribution is 2.24. The van der Waals surface area contributed by atoms with Crippen molar-refractivity contribution in [2.24, 2.45) is 11.8 Å². The third-order valence-electron chi connectivity index (χ3n) is 4.40. The van der Waals surface area contributed by atoms with Gasteiger partial charge < -0.3 is 10.4 Å². The molecule has 0 aromatic heterocycles. The Morgan fingerprint density at radius 2 is 1.58 bits per heavy atom. The zero-order valence-corrected chi connectivity index (χ0v) is 13.0. The molecule has 0 aliphatic heterocycles. The van der Waals surface area contributed by atoms with E-state index in [1.165, 1.54) is 0 Å². The van der Waals surface area contributed by atoms with Crippen LogP contribution in [0.2, 0.25) is 0 Å². The molecule has 0 heterocycles. The van der Waals surface area contributed by atoms with Gasteiger partial charge in [-0.3, -0.25) is 9.59 Å². The van der Waals surface area contributed by atoms with Gasteiger partial charge in [-0.1, -0.05) is 47.5 Å². The van der Waals surface area contributed by atoms with Gasteiger partial charge in [0, 0.05) is 11.5 Å². The SMILES string of the molecule is CCC(CC)C(C)C(=O)NC(CC)(CC)CC(=O)O. The molecule has 4 heteroatoms. The van der Waals surface area contributed by atoms with Crippen LogP contribution in [0.25, 0.3) is 0 Å². The molecule has 0 spiro atoms. The summed E-state index contributed by atoms with van der Waals surface area (Å²) in [6.07, 6.45) is 3.19. The summed E-state index contributed by atoms with van der Waals surface area (Å²) in [6.45, 7) is 9.96. The highest BCUT2D eigenvalue weighted by molar-refractivity contribution is 5.80. The van der Waals surface area contributed by atoms with Crippen LogP contribution in [0, 0.1) is 11.8 Å². The predicted molar refractivity (Wildman–Crippen MR) is 76.9 cm³/mol. The molecule has 0 aliphatic rings. The van der Waals surface area contributed by atoms with Gasteiger partial charge in [0.05, 0.1) is 6.42 Å². The molecule has 4 nitrogen and oxygen atoms in total. The number of carboxylic acids is 1. The average Bonchev–Trinajstić information content (AvgIpc) is 2.38. The summed E-state index contributed by atoms with van der Waals surface area (Å²) >= 11 is 0. The summed E-state index contributed by atoms with van der Waals surface area (Å²) in [5.74, 6) is -0.588. The minimum Gasteiger partial charge on any atom is -0.481 e. The Morgan fingerprint density at radius 3 is 1.89 bits per heavy atom. The minimum atomic E-state index is -0.862. The number of carboxylic acid groups (broad SMARTS) is 1. The molecule has 112 valence electrons. The van der Waals surface area contributed by atoms with Crippen LogP contribution in [0.1, 0.15) is 66.7 Å². The zero-order chi connectivity index (χ0) is 15.1. The second-order valence-electron chi connectivity index (χ2n) is 5.41. The molecule has 0 aromatic rings. The number of hydrogen-bond donors (Lipinski definition) is 2. The van der Waals surface area contributed by atoms with E-state index in [4.69, 9.17) is 5.11 Å². The molecule has 19 heavy (non-hydrogen) atoms. The Kier molecular flexibility index (Phi) is 7.72. The largest absolute Gasteiger partial charge is 0.481 e. The Labute approximate surface area is 117 Å². The highest BCUT2D eigenvalue weighted by Gasteiger charge is 2.33. The number of carbonyl (C=O) groups is 2. The number of hydrogen-bond acceptors (Lipinski definition) is 2. The van der Waals surface area contributed by atoms with Crippen LogP contribution in [0.15, 0.2) is 0 Å². The third-order valence-corrected chi connectivity index (χ3v) is 4.40. The molecular weight excluding hydrogens is 242 g/mol. The fourth-order valence-corrected chi connectivity index (χ4v) is 2.60. The molecule has 0 fully saturated rings. The summed E-state index contributed by atoms with van der Waals surface area (Å²) in [5.41, 5.74) is -0.608. The standard InChI is InChI=1S/C15H29NO3/c1-6-12(7-2)11(5)14(19)16-15(8-3,9-4)10-13(17)18/h11-12H,6-10H2,1-5H3,(H,16,19)(H,17,18). The maximum absolute atomic E-state index is 12.3. The quantitative estimate of drug-likeness (QED) is 0.676. The lowest BCUT2D eigenvalue weighted by atomic mass is 9.85. The summed E-state index contributed by atoms with van der Waals surface area (Å²) in [4.78, 5) is 23.3. The Hall–Kier alpha value is -1.06. The van der Waals surface area contributed by atoms with Crippen molar-refractivity contribution in [2.75, 3.05) is 0 Å². The molecule has 0 saturated heterocycles. The van der Waals surface area contributed by atoms with Crippen LogP contribution < -0.4 is 5.32 Å². The van der Waals surface area contributed by atoms with E-state index in [1.54, 1.807) is 0 Å². The van der Waals surface area contributed by atoms with Gasteiger partial charge in [0.2, 0.25) is 5.91 Å². The summed E-state index contributed by atoms with van der Waals surface area (Å²) < 4.78 is 0. The zero-order valence-electron chi connectivity index (χ0n) is 13.0. The topological polar surface area (TPSA) is 66.4 Å². The van der Waals surface area contributed by atoms with Gasteiger partial charge >= 0.3 is 5.97 Å². The van der Waals surface area contributed by atoms with Crippen LogP contribution in [0.3, 0.4) is 0 Å². The van der Waals surface area contributed by atoms with Gasteiger partial charge in [-0.05, 0) is 18.8 Å². The molecule has 0 rings (SSSR count). The number of carbonyl (C=O) groups excluding carboxylic acids is 1. The average molecular weight is 271 g/mol. The second-order valence-corrected chi connectivity index (χ2v) is 5.41. The number of aliphatic carboxylic acids is 1. The van der Waals surface area contributed by atoms with Crippen LogP contribution >= 0.6 is 0 Å². The summed E-state index contributed by atoms with van der Waals surface area (Å²) in [6, 6.07) is 0. The van der Waals surface area contributed by atoms with Crippen molar-refractivity contribution in [1.82, 2.24) is 5.32 Å². The maximum Gasteiger partial charge on any atom is 0.305 e. The molecule has 1 amide bonds. The van der Waals surface area contributed by atoms with E-state index in [0.29, 0.717) is 18.8 Å². The molecule has 2 N–H and O–H groups in total. The van der Waals surface area contributed by atoms with E-state index < -0.39 is 11.5 Å². The monoisotopic (exact) mass is 271 g/mol. The van der Waals surface area contributed by atoms with Gasteiger partial charge in [0.25, 0.3) is 0 Å².